The Balaban J connectivity index is 1.80. The van der Waals surface area contributed by atoms with Gasteiger partial charge in [0.25, 0.3) is 0 Å². The van der Waals surface area contributed by atoms with Gasteiger partial charge in [0.1, 0.15) is 5.82 Å². The summed E-state index contributed by atoms with van der Waals surface area (Å²) < 4.78 is 1.94. The molecular formula is C12H14Br2N4. The predicted molar refractivity (Wildman–Crippen MR) is 79.8 cm³/mol. The second-order valence-corrected chi connectivity index (χ2v) is 5.80. The fourth-order valence-electron chi connectivity index (χ4n) is 1.66. The number of pyridine rings is 1. The highest BCUT2D eigenvalue weighted by atomic mass is 79.9. The zero-order valence-electron chi connectivity index (χ0n) is 10.0. The van der Waals surface area contributed by atoms with E-state index in [1.165, 1.54) is 5.56 Å². The van der Waals surface area contributed by atoms with Crippen LogP contribution >= 0.6 is 31.9 Å². The van der Waals surface area contributed by atoms with Crippen LogP contribution in [0.5, 0.6) is 0 Å². The zero-order valence-corrected chi connectivity index (χ0v) is 13.2. The lowest BCUT2D eigenvalue weighted by atomic mass is 10.1. The van der Waals surface area contributed by atoms with Gasteiger partial charge in [0.2, 0.25) is 0 Å². The molecule has 0 radical (unpaired) electrons. The molecule has 0 unspecified atom stereocenters. The number of halogens is 2. The van der Waals surface area contributed by atoms with E-state index in [0.717, 1.165) is 39.8 Å². The molecule has 0 fully saturated rings. The Hall–Kier alpha value is -0.880. The van der Waals surface area contributed by atoms with Crippen LogP contribution in [0, 0.1) is 6.92 Å². The first-order valence-electron chi connectivity index (χ1n) is 5.70. The van der Waals surface area contributed by atoms with E-state index in [1.54, 1.807) is 6.20 Å². The summed E-state index contributed by atoms with van der Waals surface area (Å²) in [5, 5.41) is 10.3. The fraction of sp³-hybridized carbons (Fsp3) is 0.333. The molecule has 0 aliphatic rings. The van der Waals surface area contributed by atoms with E-state index >= 15 is 0 Å². The van der Waals surface area contributed by atoms with Crippen molar-refractivity contribution >= 4 is 37.7 Å². The van der Waals surface area contributed by atoms with E-state index in [9.17, 15) is 0 Å². The molecule has 0 aromatic carbocycles. The average Bonchev–Trinajstić information content (AvgIpc) is 2.73. The normalized spacial score (nSPS) is 10.6. The molecule has 0 atom stereocenters. The van der Waals surface area contributed by atoms with Crippen molar-refractivity contribution in [1.82, 2.24) is 15.2 Å². The molecule has 0 aliphatic heterocycles. The lowest BCUT2D eigenvalue weighted by Gasteiger charge is -2.07. The van der Waals surface area contributed by atoms with Gasteiger partial charge in [0.05, 0.1) is 10.7 Å². The Bertz CT molecular complexity index is 525. The summed E-state index contributed by atoms with van der Waals surface area (Å²) in [4.78, 5) is 4.31. The average molecular weight is 374 g/mol. The summed E-state index contributed by atoms with van der Waals surface area (Å²) in [6, 6.07) is 1.98. The molecule has 2 aromatic rings. The van der Waals surface area contributed by atoms with Crippen LogP contribution in [-0.2, 0) is 6.42 Å². The van der Waals surface area contributed by atoms with Gasteiger partial charge in [0.15, 0.2) is 0 Å². The molecular weight excluding hydrogens is 360 g/mol. The van der Waals surface area contributed by atoms with Crippen molar-refractivity contribution in [1.29, 1.82) is 0 Å². The van der Waals surface area contributed by atoms with Gasteiger partial charge in [0, 0.05) is 22.9 Å². The Morgan fingerprint density at radius 1 is 1.33 bits per heavy atom. The summed E-state index contributed by atoms with van der Waals surface area (Å²) in [5.41, 5.74) is 2.43. The minimum Gasteiger partial charge on any atom is -0.369 e. The third-order valence-electron chi connectivity index (χ3n) is 2.66. The second-order valence-electron chi connectivity index (χ2n) is 4.03. The predicted octanol–water partition coefficient (Wildman–Crippen LogP) is 3.68. The molecule has 2 N–H and O–H groups in total. The van der Waals surface area contributed by atoms with Crippen LogP contribution in [0.25, 0.3) is 0 Å². The second kappa shape index (κ2) is 6.33. The highest BCUT2D eigenvalue weighted by molar-refractivity contribution is 9.11. The van der Waals surface area contributed by atoms with Crippen LogP contribution in [-0.4, -0.2) is 21.7 Å². The van der Waals surface area contributed by atoms with Crippen LogP contribution in [0.2, 0.25) is 0 Å². The maximum Gasteiger partial charge on any atom is 0.140 e. The molecule has 0 saturated heterocycles. The number of H-pyrrole nitrogens is 1. The minimum absolute atomic E-state index is 0.877. The molecule has 0 spiro atoms. The first kappa shape index (κ1) is 13.5. The molecule has 2 aromatic heterocycles. The Labute approximate surface area is 123 Å². The Morgan fingerprint density at radius 3 is 2.83 bits per heavy atom. The molecule has 2 rings (SSSR count). The Kier molecular flexibility index (Phi) is 4.77. The van der Waals surface area contributed by atoms with E-state index in [0.29, 0.717) is 0 Å². The molecule has 4 nitrogen and oxygen atoms in total. The quantitative estimate of drug-likeness (QED) is 0.786. The summed E-state index contributed by atoms with van der Waals surface area (Å²) >= 11 is 6.86. The van der Waals surface area contributed by atoms with Gasteiger partial charge < -0.3 is 5.32 Å². The van der Waals surface area contributed by atoms with E-state index < -0.39 is 0 Å². The number of nitrogens with one attached hydrogen (secondary N) is 2. The number of anilines is 1. The van der Waals surface area contributed by atoms with Gasteiger partial charge in [-0.05, 0) is 63.3 Å². The molecule has 2 heterocycles. The van der Waals surface area contributed by atoms with E-state index in [4.69, 9.17) is 0 Å². The lowest BCUT2D eigenvalue weighted by molar-refractivity contribution is 0.853. The van der Waals surface area contributed by atoms with E-state index in [1.807, 2.05) is 19.2 Å². The van der Waals surface area contributed by atoms with Gasteiger partial charge >= 0.3 is 0 Å². The third kappa shape index (κ3) is 3.55. The highest BCUT2D eigenvalue weighted by Gasteiger charge is 2.03. The maximum absolute atomic E-state index is 4.31. The molecule has 0 aliphatic carbocycles. The molecule has 6 heteroatoms. The number of aromatic amines is 1. The van der Waals surface area contributed by atoms with Gasteiger partial charge in [-0.15, -0.1) is 0 Å². The molecule has 0 saturated carbocycles. The lowest BCUT2D eigenvalue weighted by Crippen LogP contribution is -2.05. The van der Waals surface area contributed by atoms with Crippen molar-refractivity contribution in [3.05, 3.63) is 38.7 Å². The summed E-state index contributed by atoms with van der Waals surface area (Å²) in [5.74, 6) is 0.877. The summed E-state index contributed by atoms with van der Waals surface area (Å²) in [6.45, 7) is 2.93. The number of rotatable bonds is 5. The van der Waals surface area contributed by atoms with Crippen LogP contribution in [0.4, 0.5) is 5.82 Å². The SMILES string of the molecule is Cc1[nH]ncc1CCCNc1ncc(Br)cc1Br. The van der Waals surface area contributed by atoms with Crippen molar-refractivity contribution in [3.8, 4) is 0 Å². The van der Waals surface area contributed by atoms with Gasteiger partial charge in [-0.2, -0.15) is 5.10 Å². The summed E-state index contributed by atoms with van der Waals surface area (Å²) in [7, 11) is 0. The number of nitrogens with zero attached hydrogens (tertiary/aromatic N) is 2. The van der Waals surface area contributed by atoms with Crippen LogP contribution in [0.3, 0.4) is 0 Å². The standard InChI is InChI=1S/C12H14Br2N4/c1-8-9(6-17-18-8)3-2-4-15-12-11(14)5-10(13)7-16-12/h5-7H,2-4H2,1H3,(H,15,16)(H,17,18). The molecule has 18 heavy (non-hydrogen) atoms. The maximum atomic E-state index is 4.31. The first-order chi connectivity index (χ1) is 8.66. The highest BCUT2D eigenvalue weighted by Crippen LogP contribution is 2.23. The third-order valence-corrected chi connectivity index (χ3v) is 3.70. The van der Waals surface area contributed by atoms with Crippen molar-refractivity contribution in [2.24, 2.45) is 0 Å². The monoisotopic (exact) mass is 372 g/mol. The molecule has 0 amide bonds. The van der Waals surface area contributed by atoms with Gasteiger partial charge in [-0.1, -0.05) is 0 Å². The molecule has 0 bridgehead atoms. The van der Waals surface area contributed by atoms with Crippen LogP contribution < -0.4 is 5.32 Å². The van der Waals surface area contributed by atoms with Crippen LogP contribution in [0.1, 0.15) is 17.7 Å². The van der Waals surface area contributed by atoms with Crippen molar-refractivity contribution in [2.45, 2.75) is 19.8 Å². The smallest absolute Gasteiger partial charge is 0.140 e. The largest absolute Gasteiger partial charge is 0.369 e. The zero-order chi connectivity index (χ0) is 13.0. The number of aromatic nitrogens is 3. The van der Waals surface area contributed by atoms with Crippen molar-refractivity contribution < 1.29 is 0 Å². The fourth-order valence-corrected chi connectivity index (χ4v) is 2.79. The summed E-state index contributed by atoms with van der Waals surface area (Å²) in [6.07, 6.45) is 5.74. The van der Waals surface area contributed by atoms with Gasteiger partial charge in [-0.25, -0.2) is 4.98 Å². The van der Waals surface area contributed by atoms with E-state index in [2.05, 4.69) is 52.4 Å². The Morgan fingerprint density at radius 2 is 2.17 bits per heavy atom. The number of hydrogen-bond donors (Lipinski definition) is 2. The molecule has 96 valence electrons. The first-order valence-corrected chi connectivity index (χ1v) is 7.29. The van der Waals surface area contributed by atoms with Crippen molar-refractivity contribution in [3.63, 3.8) is 0 Å². The number of hydrogen-bond acceptors (Lipinski definition) is 3. The topological polar surface area (TPSA) is 53.6 Å². The van der Waals surface area contributed by atoms with Crippen LogP contribution in [0.15, 0.2) is 27.4 Å². The van der Waals surface area contributed by atoms with E-state index in [-0.39, 0.29) is 0 Å². The van der Waals surface area contributed by atoms with Crippen molar-refractivity contribution in [2.75, 3.05) is 11.9 Å². The minimum atomic E-state index is 0.877. The van der Waals surface area contributed by atoms with Gasteiger partial charge in [-0.3, -0.25) is 5.10 Å². The number of aryl methyl sites for hydroxylation is 2.